The molecule has 3 aliphatic heterocycles. The lowest BCUT2D eigenvalue weighted by Gasteiger charge is -2.35. The predicted molar refractivity (Wildman–Crippen MR) is 164 cm³/mol. The van der Waals surface area contributed by atoms with Crippen molar-refractivity contribution in [3.63, 3.8) is 0 Å². The minimum atomic E-state index is -3.74. The number of likely N-dealkylation sites (tertiary alicyclic amines) is 1. The number of likely N-dealkylation sites (N-methyl/N-ethyl adjacent to an activating group) is 1. The molecule has 0 radical (unpaired) electrons. The van der Waals surface area contributed by atoms with Crippen LogP contribution in [0.5, 0.6) is 0 Å². The lowest BCUT2D eigenvalue weighted by Crippen LogP contribution is -2.53. The zero-order valence-corrected chi connectivity index (χ0v) is 25.9. The Balaban J connectivity index is 1.65. The molecule has 2 saturated heterocycles. The fraction of sp³-hybridized carbons (Fsp3) is 0.469. The number of unbranched alkanes of at least 4 members (excludes halogenated alkanes) is 1. The number of nitrogens with zero attached hydrogens (tertiary/aromatic N) is 4. The van der Waals surface area contributed by atoms with Crippen LogP contribution in [0.15, 0.2) is 59.0 Å². The quantitative estimate of drug-likeness (QED) is 0.263. The number of ketones is 1. The van der Waals surface area contributed by atoms with Crippen molar-refractivity contribution in [1.29, 1.82) is 0 Å². The van der Waals surface area contributed by atoms with Crippen molar-refractivity contribution in [2.45, 2.75) is 55.9 Å². The smallest absolute Gasteiger partial charge is 0.296 e. The van der Waals surface area contributed by atoms with Gasteiger partial charge in [0.05, 0.1) is 16.2 Å². The van der Waals surface area contributed by atoms with E-state index in [0.29, 0.717) is 43.9 Å². The van der Waals surface area contributed by atoms with Crippen molar-refractivity contribution >= 4 is 39.1 Å². The lowest BCUT2D eigenvalue weighted by atomic mass is 9.82. The topological polar surface area (TPSA) is 119 Å². The van der Waals surface area contributed by atoms with Crippen molar-refractivity contribution in [1.82, 2.24) is 14.1 Å². The van der Waals surface area contributed by atoms with E-state index in [1.807, 2.05) is 25.9 Å². The minimum Gasteiger partial charge on any atom is -0.507 e. The average Bonchev–Trinajstić information content (AvgIpc) is 3.20. The number of anilines is 1. The molecule has 2 fully saturated rings. The maximum absolute atomic E-state index is 14.5. The molecule has 1 N–H and O–H groups in total. The predicted octanol–water partition coefficient (Wildman–Crippen LogP) is 3.54. The highest BCUT2D eigenvalue weighted by molar-refractivity contribution is 7.89. The second-order valence-electron chi connectivity index (χ2n) is 11.7. The van der Waals surface area contributed by atoms with Gasteiger partial charge >= 0.3 is 0 Å². The minimum absolute atomic E-state index is 0.0835. The Morgan fingerprint density at radius 1 is 0.930 bits per heavy atom. The number of hydrogen-bond acceptors (Lipinski definition) is 7. The zero-order valence-electron chi connectivity index (χ0n) is 25.1. The van der Waals surface area contributed by atoms with Gasteiger partial charge in [0.1, 0.15) is 5.76 Å². The number of aliphatic hydroxyl groups is 1. The first-order valence-corrected chi connectivity index (χ1v) is 16.5. The number of benzene rings is 2. The van der Waals surface area contributed by atoms with Gasteiger partial charge in [-0.25, -0.2) is 8.42 Å². The van der Waals surface area contributed by atoms with Crippen LogP contribution in [0.3, 0.4) is 0 Å². The molecule has 10 nitrogen and oxygen atoms in total. The van der Waals surface area contributed by atoms with E-state index in [-0.39, 0.29) is 22.6 Å². The molecule has 2 aromatic rings. The Hall–Kier alpha value is -3.54. The Labute approximate surface area is 253 Å². The van der Waals surface area contributed by atoms with Crippen LogP contribution >= 0.6 is 0 Å². The Morgan fingerprint density at radius 2 is 1.58 bits per heavy atom. The van der Waals surface area contributed by atoms with E-state index in [1.54, 1.807) is 29.2 Å². The standard InChI is InChI=1S/C32H40N4O6S/c1-4-5-20-35-26-13-9-8-12-25(26)32(31(35)40)27(29(38)30(39)36(32)22-21-33(2)3)28(37)23-14-16-24(17-15-23)43(41,42)34-18-10-6-7-11-19-34/h8-9,12-17,37H,4-7,10-11,18-22H2,1-3H3/b28-27+. The number of aliphatic hydroxyl groups excluding tert-OH is 1. The fourth-order valence-corrected chi connectivity index (χ4v) is 7.88. The van der Waals surface area contributed by atoms with Gasteiger partial charge in [-0.15, -0.1) is 0 Å². The van der Waals surface area contributed by atoms with E-state index in [2.05, 4.69) is 0 Å². The molecule has 11 heteroatoms. The van der Waals surface area contributed by atoms with Crippen LogP contribution < -0.4 is 4.90 Å². The second-order valence-corrected chi connectivity index (χ2v) is 13.6. The molecule has 3 heterocycles. The van der Waals surface area contributed by atoms with Gasteiger partial charge in [-0.2, -0.15) is 4.31 Å². The Bertz CT molecular complexity index is 1540. The molecule has 0 aromatic heterocycles. The molecule has 0 saturated carbocycles. The third kappa shape index (κ3) is 5.17. The zero-order chi connectivity index (χ0) is 30.9. The molecular weight excluding hydrogens is 568 g/mol. The van der Waals surface area contributed by atoms with Crippen molar-refractivity contribution in [3.05, 3.63) is 65.2 Å². The Kier molecular flexibility index (Phi) is 8.78. The molecule has 2 aromatic carbocycles. The van der Waals surface area contributed by atoms with Crippen LogP contribution in [0.25, 0.3) is 5.76 Å². The van der Waals surface area contributed by atoms with Crippen LogP contribution in [0.1, 0.15) is 56.6 Å². The number of fused-ring (bicyclic) bond motifs is 2. The van der Waals surface area contributed by atoms with Gasteiger partial charge in [-0.3, -0.25) is 14.4 Å². The number of carbonyl (C=O) groups excluding carboxylic acids is 3. The number of carbonyl (C=O) groups is 3. The molecule has 1 unspecified atom stereocenters. The normalized spacial score (nSPS) is 22.6. The largest absolute Gasteiger partial charge is 0.507 e. The van der Waals surface area contributed by atoms with E-state index < -0.39 is 38.9 Å². The molecule has 230 valence electrons. The summed E-state index contributed by atoms with van der Waals surface area (Å²) in [5, 5.41) is 11.8. The van der Waals surface area contributed by atoms with Gasteiger partial charge < -0.3 is 19.8 Å². The molecule has 3 aliphatic rings. The van der Waals surface area contributed by atoms with Gasteiger partial charge in [0.15, 0.2) is 5.54 Å². The first-order chi connectivity index (χ1) is 20.6. The third-order valence-corrected chi connectivity index (χ3v) is 10.6. The summed E-state index contributed by atoms with van der Waals surface area (Å²) in [4.78, 5) is 46.8. The summed E-state index contributed by atoms with van der Waals surface area (Å²) >= 11 is 0. The van der Waals surface area contributed by atoms with Crippen LogP contribution in [0, 0.1) is 0 Å². The van der Waals surface area contributed by atoms with Gasteiger partial charge in [0.2, 0.25) is 10.0 Å². The van der Waals surface area contributed by atoms with Gasteiger partial charge in [0, 0.05) is 43.9 Å². The number of para-hydroxylation sites is 1. The molecule has 5 rings (SSSR count). The number of sulfonamides is 1. The monoisotopic (exact) mass is 608 g/mol. The van der Waals surface area contributed by atoms with Crippen molar-refractivity contribution in [3.8, 4) is 0 Å². The highest BCUT2D eigenvalue weighted by Crippen LogP contribution is 2.53. The third-order valence-electron chi connectivity index (χ3n) is 8.65. The van der Waals surface area contributed by atoms with Crippen LogP contribution in [-0.4, -0.2) is 92.0 Å². The summed E-state index contributed by atoms with van der Waals surface area (Å²) in [7, 11) is -0.0653. The molecule has 2 amide bonds. The lowest BCUT2D eigenvalue weighted by molar-refractivity contribution is -0.143. The molecule has 1 spiro atoms. The maximum atomic E-state index is 14.5. The summed E-state index contributed by atoms with van der Waals surface area (Å²) in [6.07, 6.45) is 5.14. The summed E-state index contributed by atoms with van der Waals surface area (Å²) in [5.41, 5.74) is -0.915. The number of rotatable bonds is 9. The van der Waals surface area contributed by atoms with E-state index >= 15 is 0 Å². The molecule has 43 heavy (non-hydrogen) atoms. The van der Waals surface area contributed by atoms with Crippen LogP contribution in [0.2, 0.25) is 0 Å². The summed E-state index contributed by atoms with van der Waals surface area (Å²) < 4.78 is 28.2. The first-order valence-electron chi connectivity index (χ1n) is 15.0. The van der Waals surface area contributed by atoms with Crippen LogP contribution in [0.4, 0.5) is 5.69 Å². The summed E-state index contributed by atoms with van der Waals surface area (Å²) in [6, 6.07) is 12.8. The molecule has 1 atom stereocenters. The molecule has 0 aliphatic carbocycles. The van der Waals surface area contributed by atoms with Crippen molar-refractivity contribution in [2.24, 2.45) is 0 Å². The van der Waals surface area contributed by atoms with Crippen molar-refractivity contribution in [2.75, 3.05) is 51.7 Å². The van der Waals surface area contributed by atoms with Gasteiger partial charge in [-0.05, 0) is 63.7 Å². The second kappa shape index (κ2) is 12.2. The number of amides is 2. The van der Waals surface area contributed by atoms with E-state index in [9.17, 15) is 27.9 Å². The average molecular weight is 609 g/mol. The van der Waals surface area contributed by atoms with Gasteiger partial charge in [-0.1, -0.05) is 44.4 Å². The molecular formula is C32H40N4O6S. The SMILES string of the molecule is CCCCN1C(=O)C2(/C(=C(/O)c3ccc(S(=O)(=O)N4CCCCCC4)cc3)C(=O)C(=O)N2CCN(C)C)c2ccccc21. The maximum Gasteiger partial charge on any atom is 0.296 e. The van der Waals surface area contributed by atoms with Crippen molar-refractivity contribution < 1.29 is 27.9 Å². The summed E-state index contributed by atoms with van der Waals surface area (Å²) in [6.45, 7) is 3.80. The highest BCUT2D eigenvalue weighted by Gasteiger charge is 2.66. The highest BCUT2D eigenvalue weighted by atomic mass is 32.2. The molecule has 0 bridgehead atoms. The van der Waals surface area contributed by atoms with E-state index in [0.717, 1.165) is 32.1 Å². The first kappa shape index (κ1) is 30.9. The van der Waals surface area contributed by atoms with E-state index in [4.69, 9.17) is 0 Å². The Morgan fingerprint density at radius 3 is 2.21 bits per heavy atom. The fourth-order valence-electron chi connectivity index (χ4n) is 6.36. The summed E-state index contributed by atoms with van der Waals surface area (Å²) in [5.74, 6) is -2.77. The van der Waals surface area contributed by atoms with Crippen LogP contribution in [-0.2, 0) is 29.9 Å². The number of Topliss-reactive ketones (excluding diaryl/α,β-unsaturated/α-hetero) is 1. The van der Waals surface area contributed by atoms with E-state index in [1.165, 1.54) is 33.5 Å². The number of hydrogen-bond donors (Lipinski definition) is 1. The van der Waals surface area contributed by atoms with Gasteiger partial charge in [0.25, 0.3) is 17.6 Å².